The predicted octanol–water partition coefficient (Wildman–Crippen LogP) is 4.27. The van der Waals surface area contributed by atoms with Crippen LogP contribution in [0.25, 0.3) is 0 Å². The highest BCUT2D eigenvalue weighted by molar-refractivity contribution is 5.88. The summed E-state index contributed by atoms with van der Waals surface area (Å²) in [6.07, 6.45) is 2.04. The van der Waals surface area contributed by atoms with Crippen molar-refractivity contribution < 1.29 is 24.1 Å². The van der Waals surface area contributed by atoms with E-state index in [1.165, 1.54) is 4.90 Å². The molecule has 0 N–H and O–H groups in total. The summed E-state index contributed by atoms with van der Waals surface area (Å²) in [5, 5.41) is 0. The fourth-order valence-electron chi connectivity index (χ4n) is 2.15. The molecule has 6 nitrogen and oxygen atoms in total. The van der Waals surface area contributed by atoms with Crippen molar-refractivity contribution in [1.29, 1.82) is 0 Å². The number of hydrogen-bond donors (Lipinski definition) is 0. The van der Waals surface area contributed by atoms with Crippen LogP contribution in [0.3, 0.4) is 0 Å². The molecule has 0 spiro atoms. The first kappa shape index (κ1) is 21.0. The van der Waals surface area contributed by atoms with E-state index in [9.17, 15) is 9.59 Å². The monoisotopic (exact) mass is 351 g/mol. The molecule has 25 heavy (non-hydrogen) atoms. The number of ether oxygens (including phenoxy) is 1. The lowest BCUT2D eigenvalue weighted by molar-refractivity contribution is -0.272. The number of rotatable bonds is 8. The van der Waals surface area contributed by atoms with Crippen molar-refractivity contribution in [2.75, 3.05) is 18.6 Å². The van der Waals surface area contributed by atoms with Gasteiger partial charge in [0.15, 0.2) is 0 Å². The number of amides is 1. The lowest BCUT2D eigenvalue weighted by Crippen LogP contribution is -2.34. The molecule has 0 aliphatic heterocycles. The summed E-state index contributed by atoms with van der Waals surface area (Å²) < 4.78 is 5.41. The summed E-state index contributed by atoms with van der Waals surface area (Å²) in [6.45, 7) is 7.71. The molecule has 0 atom stereocenters. The second-order valence-corrected chi connectivity index (χ2v) is 6.80. The Hall–Kier alpha value is -2.08. The molecule has 140 valence electrons. The number of hydrogen-bond acceptors (Lipinski definition) is 5. The van der Waals surface area contributed by atoms with Gasteiger partial charge in [-0.15, -0.1) is 0 Å². The predicted molar refractivity (Wildman–Crippen MR) is 96.4 cm³/mol. The highest BCUT2D eigenvalue weighted by Crippen LogP contribution is 2.22. The van der Waals surface area contributed by atoms with E-state index >= 15 is 0 Å². The van der Waals surface area contributed by atoms with E-state index in [0.29, 0.717) is 25.9 Å². The van der Waals surface area contributed by atoms with Crippen molar-refractivity contribution in [2.45, 2.75) is 59.0 Å². The van der Waals surface area contributed by atoms with Gasteiger partial charge < -0.3 is 4.74 Å². The lowest BCUT2D eigenvalue weighted by Gasteiger charge is -2.26. The number of carbonyl (C=O) groups excluding carboxylic acids is 2. The van der Waals surface area contributed by atoms with Crippen molar-refractivity contribution in [3.63, 3.8) is 0 Å². The number of nitrogens with zero attached hydrogens (tertiary/aromatic N) is 1. The smallest absolute Gasteiger partial charge is 0.414 e. The van der Waals surface area contributed by atoms with Gasteiger partial charge in [0, 0.05) is 19.2 Å². The van der Waals surface area contributed by atoms with Crippen LogP contribution in [0.5, 0.6) is 0 Å². The molecule has 0 unspecified atom stereocenters. The van der Waals surface area contributed by atoms with Crippen LogP contribution in [-0.4, -0.2) is 31.3 Å². The molecule has 1 amide bonds. The Bertz CT molecular complexity index is 565. The SMILES string of the molecule is CCCC(=O)OOCCCc1ccccc1N(C)C(=O)OC(C)(C)C. The van der Waals surface area contributed by atoms with Crippen LogP contribution in [0.15, 0.2) is 24.3 Å². The number of anilines is 1. The van der Waals surface area contributed by atoms with Gasteiger partial charge in [-0.05, 0) is 51.7 Å². The van der Waals surface area contributed by atoms with Crippen LogP contribution >= 0.6 is 0 Å². The highest BCUT2D eigenvalue weighted by Gasteiger charge is 2.21. The van der Waals surface area contributed by atoms with Crippen molar-refractivity contribution in [3.8, 4) is 0 Å². The summed E-state index contributed by atoms with van der Waals surface area (Å²) >= 11 is 0. The molecule has 0 saturated carbocycles. The molecule has 0 bridgehead atoms. The van der Waals surface area contributed by atoms with E-state index in [1.54, 1.807) is 7.05 Å². The number of benzene rings is 1. The van der Waals surface area contributed by atoms with Crippen molar-refractivity contribution in [1.82, 2.24) is 0 Å². The Balaban J connectivity index is 2.56. The maximum atomic E-state index is 12.2. The number of carbonyl (C=O) groups is 2. The molecule has 1 aromatic carbocycles. The van der Waals surface area contributed by atoms with Crippen molar-refractivity contribution in [2.24, 2.45) is 0 Å². The Labute approximate surface area is 150 Å². The van der Waals surface area contributed by atoms with E-state index in [2.05, 4.69) is 4.89 Å². The molecule has 1 rings (SSSR count). The largest absolute Gasteiger partial charge is 0.443 e. The first-order valence-electron chi connectivity index (χ1n) is 8.61. The normalized spacial score (nSPS) is 11.1. The molecular weight excluding hydrogens is 322 g/mol. The molecule has 0 aromatic heterocycles. The van der Waals surface area contributed by atoms with Gasteiger partial charge in [-0.1, -0.05) is 25.1 Å². The summed E-state index contributed by atoms with van der Waals surface area (Å²) in [7, 11) is 1.69. The van der Waals surface area contributed by atoms with Crippen LogP contribution in [0.2, 0.25) is 0 Å². The van der Waals surface area contributed by atoms with E-state index < -0.39 is 11.7 Å². The standard InChI is InChI=1S/C19H29NO5/c1-6-10-17(21)25-23-14-9-12-15-11-7-8-13-16(15)20(5)18(22)24-19(2,3)4/h7-8,11,13H,6,9-10,12,14H2,1-5H3. The zero-order valence-electron chi connectivity index (χ0n) is 15.8. The average Bonchev–Trinajstić information content (AvgIpc) is 2.53. The first-order chi connectivity index (χ1) is 11.7. The van der Waals surface area contributed by atoms with Crippen LogP contribution < -0.4 is 4.90 Å². The summed E-state index contributed by atoms with van der Waals surface area (Å²) in [5.74, 6) is -0.354. The van der Waals surface area contributed by atoms with Gasteiger partial charge in [-0.25, -0.2) is 9.59 Å². The van der Waals surface area contributed by atoms with Gasteiger partial charge >= 0.3 is 12.1 Å². The third kappa shape index (κ3) is 8.03. The zero-order chi connectivity index (χ0) is 18.9. The quantitative estimate of drug-likeness (QED) is 0.398. The van der Waals surface area contributed by atoms with Crippen molar-refractivity contribution >= 4 is 17.7 Å². The van der Waals surface area contributed by atoms with Crippen LogP contribution in [0.1, 0.15) is 52.5 Å². The Morgan fingerprint density at radius 2 is 1.84 bits per heavy atom. The fourth-order valence-corrected chi connectivity index (χ4v) is 2.15. The van der Waals surface area contributed by atoms with E-state index in [0.717, 1.165) is 17.7 Å². The minimum atomic E-state index is -0.545. The third-order valence-electron chi connectivity index (χ3n) is 3.30. The second kappa shape index (κ2) is 10.0. The topological polar surface area (TPSA) is 65.1 Å². The second-order valence-electron chi connectivity index (χ2n) is 6.80. The fraction of sp³-hybridized carbons (Fsp3) is 0.579. The van der Waals surface area contributed by atoms with Gasteiger partial charge in [0.05, 0.1) is 6.61 Å². The van der Waals surface area contributed by atoms with Gasteiger partial charge in [-0.2, -0.15) is 4.89 Å². The Kier molecular flexibility index (Phi) is 8.41. The Morgan fingerprint density at radius 1 is 1.16 bits per heavy atom. The highest BCUT2D eigenvalue weighted by atomic mass is 17.2. The van der Waals surface area contributed by atoms with E-state index in [4.69, 9.17) is 9.62 Å². The molecule has 1 aromatic rings. The van der Waals surface area contributed by atoms with Crippen LogP contribution in [0, 0.1) is 0 Å². The summed E-state index contributed by atoms with van der Waals surface area (Å²) in [4.78, 5) is 34.5. The molecule has 0 aliphatic rings. The van der Waals surface area contributed by atoms with E-state index in [1.807, 2.05) is 52.0 Å². The first-order valence-corrected chi connectivity index (χ1v) is 8.61. The molecule has 0 heterocycles. The van der Waals surface area contributed by atoms with Crippen molar-refractivity contribution in [3.05, 3.63) is 29.8 Å². The Morgan fingerprint density at radius 3 is 2.48 bits per heavy atom. The minimum absolute atomic E-state index is 0.305. The maximum Gasteiger partial charge on any atom is 0.414 e. The van der Waals surface area contributed by atoms with Gasteiger partial charge in [0.2, 0.25) is 0 Å². The molecular formula is C19H29NO5. The molecule has 6 heteroatoms. The molecule has 0 fully saturated rings. The number of para-hydroxylation sites is 1. The molecule has 0 aliphatic carbocycles. The minimum Gasteiger partial charge on any atom is -0.443 e. The summed E-state index contributed by atoms with van der Waals surface area (Å²) in [5.41, 5.74) is 1.25. The van der Waals surface area contributed by atoms with E-state index in [-0.39, 0.29) is 5.97 Å². The van der Waals surface area contributed by atoms with Crippen LogP contribution in [0.4, 0.5) is 10.5 Å². The van der Waals surface area contributed by atoms with Gasteiger partial charge in [-0.3, -0.25) is 9.79 Å². The summed E-state index contributed by atoms with van der Waals surface area (Å²) in [6, 6.07) is 7.63. The molecule has 0 saturated heterocycles. The van der Waals surface area contributed by atoms with Crippen LogP contribution in [-0.2, 0) is 25.7 Å². The zero-order valence-corrected chi connectivity index (χ0v) is 15.8. The lowest BCUT2D eigenvalue weighted by atomic mass is 10.1. The van der Waals surface area contributed by atoms with Gasteiger partial charge in [0.1, 0.15) is 5.60 Å². The number of aryl methyl sites for hydroxylation is 1. The molecule has 0 radical (unpaired) electrons. The third-order valence-corrected chi connectivity index (χ3v) is 3.30. The average molecular weight is 351 g/mol. The van der Waals surface area contributed by atoms with Gasteiger partial charge in [0.25, 0.3) is 0 Å². The maximum absolute atomic E-state index is 12.2.